The molecule has 0 aliphatic carbocycles. The maximum atomic E-state index is 12.4. The Bertz CT molecular complexity index is 611. The molecule has 1 atom stereocenters. The number of esters is 1. The van der Waals surface area contributed by atoms with Gasteiger partial charge in [-0.1, -0.05) is 37.3 Å². The van der Waals surface area contributed by atoms with E-state index >= 15 is 0 Å². The van der Waals surface area contributed by atoms with Gasteiger partial charge in [0.05, 0.1) is 0 Å². The second-order valence-electron chi connectivity index (χ2n) is 7.18. The summed E-state index contributed by atoms with van der Waals surface area (Å²) in [7, 11) is 0. The van der Waals surface area contributed by atoms with Gasteiger partial charge in [0, 0.05) is 13.0 Å². The maximum absolute atomic E-state index is 12.4. The Labute approximate surface area is 160 Å². The highest BCUT2D eigenvalue weighted by Crippen LogP contribution is 2.11. The molecule has 1 rings (SSSR count). The van der Waals surface area contributed by atoms with Gasteiger partial charge in [-0.15, -0.1) is 0 Å². The van der Waals surface area contributed by atoms with Crippen molar-refractivity contribution in [2.45, 2.75) is 65.2 Å². The molecule has 0 aliphatic rings. The zero-order valence-electron chi connectivity index (χ0n) is 16.5. The number of hydrogen-bond acceptors (Lipinski definition) is 5. The van der Waals surface area contributed by atoms with Gasteiger partial charge >= 0.3 is 12.1 Å². The fourth-order valence-electron chi connectivity index (χ4n) is 2.16. The van der Waals surface area contributed by atoms with Crippen LogP contribution in [0.15, 0.2) is 30.3 Å². The van der Waals surface area contributed by atoms with Crippen LogP contribution in [0.1, 0.15) is 52.5 Å². The summed E-state index contributed by atoms with van der Waals surface area (Å²) >= 11 is 0. The molecule has 0 saturated heterocycles. The molecular formula is C20H30N2O5. The first-order valence-corrected chi connectivity index (χ1v) is 9.18. The van der Waals surface area contributed by atoms with Gasteiger partial charge in [-0.25, -0.2) is 9.59 Å². The Morgan fingerprint density at radius 1 is 1.11 bits per heavy atom. The van der Waals surface area contributed by atoms with Crippen LogP contribution in [-0.4, -0.2) is 36.2 Å². The zero-order valence-corrected chi connectivity index (χ0v) is 16.5. The van der Waals surface area contributed by atoms with Crippen LogP contribution in [0, 0.1) is 0 Å². The molecule has 0 aliphatic heterocycles. The van der Waals surface area contributed by atoms with Gasteiger partial charge < -0.3 is 20.1 Å². The lowest BCUT2D eigenvalue weighted by molar-refractivity contribution is -0.157. The van der Waals surface area contributed by atoms with Crippen molar-refractivity contribution in [3.05, 3.63) is 35.9 Å². The Kier molecular flexibility index (Phi) is 9.33. The molecule has 0 radical (unpaired) electrons. The number of hydrogen-bond donors (Lipinski definition) is 2. The summed E-state index contributed by atoms with van der Waals surface area (Å²) in [4.78, 5) is 36.2. The highest BCUT2D eigenvalue weighted by atomic mass is 16.6. The predicted octanol–water partition coefficient (Wildman–Crippen LogP) is 2.93. The summed E-state index contributed by atoms with van der Waals surface area (Å²) in [6.07, 6.45) is 0.322. The summed E-state index contributed by atoms with van der Waals surface area (Å²) in [5.74, 6) is -0.771. The second kappa shape index (κ2) is 11.2. The highest BCUT2D eigenvalue weighted by molar-refractivity contribution is 5.83. The van der Waals surface area contributed by atoms with Gasteiger partial charge in [0.25, 0.3) is 0 Å². The van der Waals surface area contributed by atoms with E-state index in [-0.39, 0.29) is 25.4 Å². The normalized spacial score (nSPS) is 12.0. The lowest BCUT2D eigenvalue weighted by atomic mass is 10.1. The molecule has 0 bridgehead atoms. The summed E-state index contributed by atoms with van der Waals surface area (Å²) in [6.45, 7) is 7.83. The predicted molar refractivity (Wildman–Crippen MR) is 102 cm³/mol. The van der Waals surface area contributed by atoms with E-state index in [1.165, 1.54) is 0 Å². The average Bonchev–Trinajstić information content (AvgIpc) is 2.61. The molecule has 0 heterocycles. The number of benzene rings is 1. The smallest absolute Gasteiger partial charge is 0.408 e. The van der Waals surface area contributed by atoms with Crippen LogP contribution in [0.4, 0.5) is 4.79 Å². The molecule has 0 saturated carbocycles. The molecule has 27 heavy (non-hydrogen) atoms. The minimum Gasteiger partial charge on any atom is -0.458 e. The van der Waals surface area contributed by atoms with Crippen molar-refractivity contribution >= 4 is 18.0 Å². The molecule has 150 valence electrons. The Morgan fingerprint density at radius 3 is 2.37 bits per heavy atom. The van der Waals surface area contributed by atoms with Crippen LogP contribution in [-0.2, 0) is 25.7 Å². The molecule has 2 amide bonds. The first kappa shape index (κ1) is 22.5. The third-order valence-corrected chi connectivity index (χ3v) is 3.43. The van der Waals surface area contributed by atoms with Crippen molar-refractivity contribution in [3.63, 3.8) is 0 Å². The molecule has 7 nitrogen and oxygen atoms in total. The van der Waals surface area contributed by atoms with Crippen LogP contribution < -0.4 is 10.6 Å². The fourth-order valence-corrected chi connectivity index (χ4v) is 2.16. The van der Waals surface area contributed by atoms with Gasteiger partial charge in [0.1, 0.15) is 18.2 Å². The van der Waals surface area contributed by atoms with E-state index in [0.29, 0.717) is 6.54 Å². The number of rotatable bonds is 9. The summed E-state index contributed by atoms with van der Waals surface area (Å²) in [6, 6.07) is 8.25. The van der Waals surface area contributed by atoms with Crippen molar-refractivity contribution in [2.75, 3.05) is 6.54 Å². The molecule has 0 spiro atoms. The van der Waals surface area contributed by atoms with Crippen molar-refractivity contribution in [3.8, 4) is 0 Å². The zero-order chi connectivity index (χ0) is 20.3. The Morgan fingerprint density at radius 2 is 1.78 bits per heavy atom. The first-order chi connectivity index (χ1) is 12.7. The van der Waals surface area contributed by atoms with E-state index in [2.05, 4.69) is 10.6 Å². The van der Waals surface area contributed by atoms with Gasteiger partial charge in [-0.05, 0) is 39.2 Å². The quantitative estimate of drug-likeness (QED) is 0.645. The van der Waals surface area contributed by atoms with Crippen molar-refractivity contribution < 1.29 is 23.9 Å². The molecule has 0 unspecified atom stereocenters. The Hall–Kier alpha value is -2.57. The van der Waals surface area contributed by atoms with Crippen LogP contribution in [0.2, 0.25) is 0 Å². The van der Waals surface area contributed by atoms with E-state index in [4.69, 9.17) is 9.47 Å². The van der Waals surface area contributed by atoms with E-state index in [0.717, 1.165) is 12.0 Å². The third-order valence-electron chi connectivity index (χ3n) is 3.43. The molecule has 1 aromatic carbocycles. The number of amides is 2. The second-order valence-corrected chi connectivity index (χ2v) is 7.18. The highest BCUT2D eigenvalue weighted by Gasteiger charge is 2.27. The van der Waals surface area contributed by atoms with Crippen molar-refractivity contribution in [1.82, 2.24) is 10.6 Å². The van der Waals surface area contributed by atoms with E-state index < -0.39 is 23.7 Å². The van der Waals surface area contributed by atoms with Crippen LogP contribution in [0.3, 0.4) is 0 Å². The lowest BCUT2D eigenvalue weighted by Gasteiger charge is -2.24. The lowest BCUT2D eigenvalue weighted by Crippen LogP contribution is -2.45. The average molecular weight is 378 g/mol. The molecule has 2 N–H and O–H groups in total. The van der Waals surface area contributed by atoms with Gasteiger partial charge in [-0.3, -0.25) is 4.79 Å². The molecular weight excluding hydrogens is 348 g/mol. The largest absolute Gasteiger partial charge is 0.458 e. The van der Waals surface area contributed by atoms with Crippen LogP contribution in [0.5, 0.6) is 0 Å². The minimum absolute atomic E-state index is 0.0880. The maximum Gasteiger partial charge on any atom is 0.408 e. The van der Waals surface area contributed by atoms with E-state index in [9.17, 15) is 14.4 Å². The molecule has 1 aromatic rings. The SMILES string of the molecule is CCCNC(=O)CC[C@H](NC(=O)OCc1ccccc1)C(=O)OC(C)(C)C. The topological polar surface area (TPSA) is 93.7 Å². The van der Waals surface area contributed by atoms with Crippen molar-refractivity contribution in [1.29, 1.82) is 0 Å². The number of carbonyl (C=O) groups excluding carboxylic acids is 3. The number of nitrogens with one attached hydrogen (secondary N) is 2. The fraction of sp³-hybridized carbons (Fsp3) is 0.550. The number of carbonyl (C=O) groups is 3. The molecule has 0 fully saturated rings. The molecule has 7 heteroatoms. The molecule has 0 aromatic heterocycles. The summed E-state index contributed by atoms with van der Waals surface area (Å²) in [5, 5.41) is 5.25. The van der Waals surface area contributed by atoms with Gasteiger partial charge in [0.2, 0.25) is 5.91 Å². The number of alkyl carbamates (subject to hydrolysis) is 1. The summed E-state index contributed by atoms with van der Waals surface area (Å²) in [5.41, 5.74) is 0.135. The standard InChI is InChI=1S/C20H30N2O5/c1-5-13-21-17(23)12-11-16(18(24)27-20(2,3)4)22-19(25)26-14-15-9-7-6-8-10-15/h6-10,16H,5,11-14H2,1-4H3,(H,21,23)(H,22,25)/t16-/m0/s1. The van der Waals surface area contributed by atoms with E-state index in [1.54, 1.807) is 20.8 Å². The summed E-state index contributed by atoms with van der Waals surface area (Å²) < 4.78 is 10.5. The number of ether oxygens (including phenoxy) is 2. The monoisotopic (exact) mass is 378 g/mol. The first-order valence-electron chi connectivity index (χ1n) is 9.18. The Balaban J connectivity index is 2.61. The van der Waals surface area contributed by atoms with Gasteiger partial charge in [-0.2, -0.15) is 0 Å². The van der Waals surface area contributed by atoms with Crippen LogP contribution in [0.25, 0.3) is 0 Å². The van der Waals surface area contributed by atoms with E-state index in [1.807, 2.05) is 37.3 Å². The minimum atomic E-state index is -0.958. The van der Waals surface area contributed by atoms with Crippen molar-refractivity contribution in [2.24, 2.45) is 0 Å². The third kappa shape index (κ3) is 10.2. The van der Waals surface area contributed by atoms with Gasteiger partial charge in [0.15, 0.2) is 0 Å². The van der Waals surface area contributed by atoms with Crippen LogP contribution >= 0.6 is 0 Å².